The van der Waals surface area contributed by atoms with Crippen molar-refractivity contribution in [3.8, 4) is 5.75 Å². The molecule has 20 heavy (non-hydrogen) atoms. The van der Waals surface area contributed by atoms with Crippen LogP contribution in [0.1, 0.15) is 35.6 Å². The Morgan fingerprint density at radius 1 is 1.15 bits per heavy atom. The van der Waals surface area contributed by atoms with Gasteiger partial charge in [0.15, 0.2) is 0 Å². The largest absolute Gasteiger partial charge is 0.508 e. The Labute approximate surface area is 124 Å². The summed E-state index contributed by atoms with van der Waals surface area (Å²) in [5, 5.41) is 14.0. The van der Waals surface area contributed by atoms with E-state index in [2.05, 4.69) is 29.6 Å². The van der Waals surface area contributed by atoms with Gasteiger partial charge < -0.3 is 10.4 Å². The van der Waals surface area contributed by atoms with E-state index in [9.17, 15) is 5.11 Å². The molecule has 0 fully saturated rings. The molecule has 2 aromatic rings. The van der Waals surface area contributed by atoms with Crippen LogP contribution >= 0.6 is 11.6 Å². The van der Waals surface area contributed by atoms with Gasteiger partial charge in [-0.25, -0.2) is 0 Å². The zero-order valence-electron chi connectivity index (χ0n) is 11.3. The zero-order chi connectivity index (χ0) is 13.9. The lowest BCUT2D eigenvalue weighted by atomic mass is 9.87. The molecule has 0 radical (unpaired) electrons. The standard InChI is InChI=1S/C17H18ClNO/c18-15-8-4-10-17(20)14(15)11-19-16-9-3-6-12-5-1-2-7-13(12)16/h1-2,4-5,7-8,10,16,19-20H,3,6,9,11H2. The van der Waals surface area contributed by atoms with E-state index in [1.165, 1.54) is 17.5 Å². The van der Waals surface area contributed by atoms with Crippen LogP contribution < -0.4 is 5.32 Å². The number of phenolic OH excluding ortho intramolecular Hbond substituents is 1. The smallest absolute Gasteiger partial charge is 0.121 e. The van der Waals surface area contributed by atoms with Crippen molar-refractivity contribution in [3.63, 3.8) is 0 Å². The normalized spacial score (nSPS) is 17.8. The van der Waals surface area contributed by atoms with Gasteiger partial charge in [0, 0.05) is 23.2 Å². The van der Waals surface area contributed by atoms with Crippen molar-refractivity contribution in [1.82, 2.24) is 5.32 Å². The van der Waals surface area contributed by atoms with Crippen LogP contribution in [0.4, 0.5) is 0 Å². The molecule has 0 amide bonds. The number of phenols is 1. The molecule has 1 aliphatic rings. The molecule has 0 spiro atoms. The summed E-state index contributed by atoms with van der Waals surface area (Å²) in [5.74, 6) is 0.258. The van der Waals surface area contributed by atoms with E-state index >= 15 is 0 Å². The number of aryl methyl sites for hydroxylation is 1. The molecule has 1 atom stereocenters. The number of rotatable bonds is 3. The van der Waals surface area contributed by atoms with Crippen molar-refractivity contribution < 1.29 is 5.11 Å². The van der Waals surface area contributed by atoms with Crippen LogP contribution in [-0.4, -0.2) is 5.11 Å². The molecule has 1 aliphatic carbocycles. The Morgan fingerprint density at radius 3 is 2.85 bits per heavy atom. The van der Waals surface area contributed by atoms with Gasteiger partial charge >= 0.3 is 0 Å². The number of benzene rings is 2. The van der Waals surface area contributed by atoms with Crippen LogP contribution in [-0.2, 0) is 13.0 Å². The van der Waals surface area contributed by atoms with Gasteiger partial charge in [0.2, 0.25) is 0 Å². The van der Waals surface area contributed by atoms with Gasteiger partial charge in [-0.3, -0.25) is 0 Å². The van der Waals surface area contributed by atoms with E-state index in [0.29, 0.717) is 17.6 Å². The highest BCUT2D eigenvalue weighted by Crippen LogP contribution is 2.31. The minimum absolute atomic E-state index is 0.258. The zero-order valence-corrected chi connectivity index (χ0v) is 12.0. The van der Waals surface area contributed by atoms with E-state index in [4.69, 9.17) is 11.6 Å². The quantitative estimate of drug-likeness (QED) is 0.886. The summed E-state index contributed by atoms with van der Waals surface area (Å²) in [6.45, 7) is 0.588. The fourth-order valence-electron chi connectivity index (χ4n) is 2.91. The number of fused-ring (bicyclic) bond motifs is 1. The summed E-state index contributed by atoms with van der Waals surface area (Å²) < 4.78 is 0. The molecule has 0 saturated heterocycles. The fraction of sp³-hybridized carbons (Fsp3) is 0.294. The predicted octanol–water partition coefficient (Wildman–Crippen LogP) is 4.21. The van der Waals surface area contributed by atoms with Gasteiger partial charge in [-0.1, -0.05) is 41.9 Å². The number of nitrogens with one attached hydrogen (secondary N) is 1. The molecule has 0 heterocycles. The lowest BCUT2D eigenvalue weighted by Crippen LogP contribution is -2.25. The maximum absolute atomic E-state index is 9.89. The first-order valence-corrected chi connectivity index (χ1v) is 7.41. The van der Waals surface area contributed by atoms with Crippen LogP contribution in [0.15, 0.2) is 42.5 Å². The molecule has 2 nitrogen and oxygen atoms in total. The topological polar surface area (TPSA) is 32.3 Å². The molecular formula is C17H18ClNO. The van der Waals surface area contributed by atoms with Gasteiger partial charge in [-0.2, -0.15) is 0 Å². The Kier molecular flexibility index (Phi) is 3.95. The summed E-state index contributed by atoms with van der Waals surface area (Å²) in [6.07, 6.45) is 3.48. The molecule has 0 aromatic heterocycles. The minimum Gasteiger partial charge on any atom is -0.508 e. The third-order valence-corrected chi connectivity index (χ3v) is 4.34. The van der Waals surface area contributed by atoms with Gasteiger partial charge in [-0.05, 0) is 42.5 Å². The Morgan fingerprint density at radius 2 is 2.00 bits per heavy atom. The molecule has 0 bridgehead atoms. The molecule has 1 unspecified atom stereocenters. The molecule has 2 N–H and O–H groups in total. The van der Waals surface area contributed by atoms with Crippen molar-refractivity contribution in [3.05, 3.63) is 64.2 Å². The molecule has 104 valence electrons. The van der Waals surface area contributed by atoms with Crippen molar-refractivity contribution in [2.24, 2.45) is 0 Å². The lowest BCUT2D eigenvalue weighted by molar-refractivity contribution is 0.438. The molecule has 3 rings (SSSR count). The number of hydrogen-bond donors (Lipinski definition) is 2. The van der Waals surface area contributed by atoms with Crippen molar-refractivity contribution in [2.45, 2.75) is 31.8 Å². The highest BCUT2D eigenvalue weighted by Gasteiger charge is 2.19. The second kappa shape index (κ2) is 5.86. The highest BCUT2D eigenvalue weighted by molar-refractivity contribution is 6.31. The van der Waals surface area contributed by atoms with Gasteiger partial charge in [0.05, 0.1) is 0 Å². The average Bonchev–Trinajstić information content (AvgIpc) is 2.47. The van der Waals surface area contributed by atoms with E-state index in [0.717, 1.165) is 18.4 Å². The molecule has 0 saturated carbocycles. The first kappa shape index (κ1) is 13.5. The Hall–Kier alpha value is -1.51. The first-order chi connectivity index (χ1) is 9.75. The summed E-state index contributed by atoms with van der Waals surface area (Å²) in [6, 6.07) is 14.2. The monoisotopic (exact) mass is 287 g/mol. The van der Waals surface area contributed by atoms with E-state index in [-0.39, 0.29) is 5.75 Å². The van der Waals surface area contributed by atoms with Gasteiger partial charge in [-0.15, -0.1) is 0 Å². The highest BCUT2D eigenvalue weighted by atomic mass is 35.5. The van der Waals surface area contributed by atoms with Crippen molar-refractivity contribution in [2.75, 3.05) is 0 Å². The average molecular weight is 288 g/mol. The van der Waals surface area contributed by atoms with Crippen molar-refractivity contribution in [1.29, 1.82) is 0 Å². The van der Waals surface area contributed by atoms with Crippen LogP contribution in [0.25, 0.3) is 0 Å². The second-order valence-electron chi connectivity index (χ2n) is 5.26. The number of halogens is 1. The van der Waals surface area contributed by atoms with Gasteiger partial charge in [0.1, 0.15) is 5.75 Å². The van der Waals surface area contributed by atoms with Crippen molar-refractivity contribution >= 4 is 11.6 Å². The van der Waals surface area contributed by atoms with E-state index < -0.39 is 0 Å². The molecule has 0 aliphatic heterocycles. The number of hydrogen-bond acceptors (Lipinski definition) is 2. The molecule has 3 heteroatoms. The van der Waals surface area contributed by atoms with Crippen LogP contribution in [0.3, 0.4) is 0 Å². The first-order valence-electron chi connectivity index (χ1n) is 7.03. The summed E-state index contributed by atoms with van der Waals surface area (Å²) in [7, 11) is 0. The lowest BCUT2D eigenvalue weighted by Gasteiger charge is -2.26. The van der Waals surface area contributed by atoms with Crippen LogP contribution in [0.5, 0.6) is 5.75 Å². The summed E-state index contributed by atoms with van der Waals surface area (Å²) in [4.78, 5) is 0. The van der Waals surface area contributed by atoms with Gasteiger partial charge in [0.25, 0.3) is 0 Å². The maximum Gasteiger partial charge on any atom is 0.121 e. The molecular weight excluding hydrogens is 270 g/mol. The maximum atomic E-state index is 9.89. The summed E-state index contributed by atoms with van der Waals surface area (Å²) in [5.41, 5.74) is 3.59. The third-order valence-electron chi connectivity index (χ3n) is 3.99. The minimum atomic E-state index is 0.258. The van der Waals surface area contributed by atoms with Crippen LogP contribution in [0, 0.1) is 0 Å². The van der Waals surface area contributed by atoms with E-state index in [1.807, 2.05) is 6.07 Å². The Balaban J connectivity index is 1.77. The molecule has 2 aromatic carbocycles. The SMILES string of the molecule is Oc1cccc(Cl)c1CNC1CCCc2ccccc21. The predicted molar refractivity (Wildman–Crippen MR) is 82.1 cm³/mol. The fourth-order valence-corrected chi connectivity index (χ4v) is 3.15. The number of aromatic hydroxyl groups is 1. The summed E-state index contributed by atoms with van der Waals surface area (Å²) >= 11 is 6.15. The second-order valence-corrected chi connectivity index (χ2v) is 5.67. The van der Waals surface area contributed by atoms with E-state index in [1.54, 1.807) is 12.1 Å². The Bertz CT molecular complexity index is 591. The van der Waals surface area contributed by atoms with Crippen LogP contribution in [0.2, 0.25) is 5.02 Å². The third kappa shape index (κ3) is 2.67.